The molecule has 1 heterocycles. The minimum absolute atomic E-state index is 0.0613. The highest BCUT2D eigenvalue weighted by atomic mass is 19.1. The van der Waals surface area contributed by atoms with Crippen LogP contribution in [0.1, 0.15) is 10.4 Å². The van der Waals surface area contributed by atoms with Crippen LogP contribution in [0.2, 0.25) is 0 Å². The second-order valence-electron chi connectivity index (χ2n) is 4.52. The number of halogens is 1. The zero-order valence-electron chi connectivity index (χ0n) is 10.7. The molecule has 0 spiro atoms. The van der Waals surface area contributed by atoms with Crippen molar-refractivity contribution in [3.63, 3.8) is 0 Å². The Morgan fingerprint density at radius 3 is 2.48 bits per heavy atom. The van der Waals surface area contributed by atoms with Crippen molar-refractivity contribution in [1.29, 1.82) is 0 Å². The third kappa shape index (κ3) is 2.18. The maximum Gasteiger partial charge on any atom is 0.336 e. The third-order valence-corrected chi connectivity index (χ3v) is 3.19. The van der Waals surface area contributed by atoms with Gasteiger partial charge >= 0.3 is 5.97 Å². The van der Waals surface area contributed by atoms with Crippen LogP contribution >= 0.6 is 0 Å². The fraction of sp³-hybridized carbons (Fsp3) is 0. The number of phenolic OH excluding ortho intramolecular Hbond substituents is 1. The standard InChI is InChI=1S/C16H10FNO3/c17-11-6-7-13(19)15-14(11)10(16(20)21)8-12(18-15)9-4-2-1-3-5-9/h1-8,19H,(H,20,21). The lowest BCUT2D eigenvalue weighted by Gasteiger charge is -2.09. The summed E-state index contributed by atoms with van der Waals surface area (Å²) in [4.78, 5) is 15.6. The number of carboxylic acid groups (broad SMARTS) is 1. The SMILES string of the molecule is O=C(O)c1cc(-c2ccccc2)nc2c(O)ccc(F)c12. The van der Waals surface area contributed by atoms with Gasteiger partial charge in [-0.3, -0.25) is 0 Å². The Bertz CT molecular complexity index is 847. The van der Waals surface area contributed by atoms with Crippen molar-refractivity contribution < 1.29 is 19.4 Å². The number of pyridine rings is 1. The van der Waals surface area contributed by atoms with E-state index in [9.17, 15) is 19.4 Å². The molecule has 0 atom stereocenters. The molecule has 0 amide bonds. The normalized spacial score (nSPS) is 10.7. The smallest absolute Gasteiger partial charge is 0.336 e. The first-order valence-electron chi connectivity index (χ1n) is 6.19. The van der Waals surface area contributed by atoms with Gasteiger partial charge in [-0.25, -0.2) is 14.2 Å². The molecule has 0 aliphatic carbocycles. The van der Waals surface area contributed by atoms with Crippen molar-refractivity contribution in [2.24, 2.45) is 0 Å². The third-order valence-electron chi connectivity index (χ3n) is 3.19. The predicted octanol–water partition coefficient (Wildman–Crippen LogP) is 3.44. The van der Waals surface area contributed by atoms with Crippen LogP contribution in [0.5, 0.6) is 5.75 Å². The number of carbonyl (C=O) groups is 1. The lowest BCUT2D eigenvalue weighted by atomic mass is 10.0. The van der Waals surface area contributed by atoms with Crippen LogP contribution in [0.4, 0.5) is 4.39 Å². The van der Waals surface area contributed by atoms with E-state index >= 15 is 0 Å². The van der Waals surface area contributed by atoms with Crippen molar-refractivity contribution in [3.8, 4) is 17.0 Å². The van der Waals surface area contributed by atoms with Crippen LogP contribution < -0.4 is 0 Å². The highest BCUT2D eigenvalue weighted by molar-refractivity contribution is 6.05. The fourth-order valence-corrected chi connectivity index (χ4v) is 2.21. The van der Waals surface area contributed by atoms with Gasteiger partial charge in [-0.1, -0.05) is 30.3 Å². The number of nitrogens with zero attached hydrogens (tertiary/aromatic N) is 1. The number of rotatable bonds is 2. The molecule has 0 fully saturated rings. The molecular formula is C16H10FNO3. The maximum atomic E-state index is 13.9. The number of benzene rings is 2. The van der Waals surface area contributed by atoms with Gasteiger partial charge in [0.2, 0.25) is 0 Å². The first kappa shape index (κ1) is 13.1. The number of carboxylic acids is 1. The van der Waals surface area contributed by atoms with Gasteiger partial charge < -0.3 is 10.2 Å². The molecule has 21 heavy (non-hydrogen) atoms. The molecular weight excluding hydrogens is 273 g/mol. The quantitative estimate of drug-likeness (QED) is 0.755. The van der Waals surface area contributed by atoms with E-state index in [4.69, 9.17) is 0 Å². The van der Waals surface area contributed by atoms with E-state index in [1.807, 2.05) is 6.07 Å². The van der Waals surface area contributed by atoms with Gasteiger partial charge in [-0.15, -0.1) is 0 Å². The maximum absolute atomic E-state index is 13.9. The Hall–Kier alpha value is -2.95. The van der Waals surface area contributed by atoms with E-state index in [0.717, 1.165) is 12.1 Å². The molecule has 0 saturated heterocycles. The summed E-state index contributed by atoms with van der Waals surface area (Å²) in [5.74, 6) is -2.26. The second-order valence-corrected chi connectivity index (χ2v) is 4.52. The second kappa shape index (κ2) is 4.86. The van der Waals surface area contributed by atoms with Crippen molar-refractivity contribution in [3.05, 3.63) is 59.9 Å². The lowest BCUT2D eigenvalue weighted by Crippen LogP contribution is -2.02. The van der Waals surface area contributed by atoms with E-state index in [1.165, 1.54) is 6.07 Å². The van der Waals surface area contributed by atoms with E-state index in [1.54, 1.807) is 24.3 Å². The van der Waals surface area contributed by atoms with Gasteiger partial charge in [-0.2, -0.15) is 0 Å². The van der Waals surface area contributed by atoms with Crippen molar-refractivity contribution in [2.45, 2.75) is 0 Å². The largest absolute Gasteiger partial charge is 0.506 e. The van der Waals surface area contributed by atoms with Gasteiger partial charge in [0.25, 0.3) is 0 Å². The van der Waals surface area contributed by atoms with Gasteiger partial charge in [0.15, 0.2) is 0 Å². The average Bonchev–Trinajstić information content (AvgIpc) is 2.51. The topological polar surface area (TPSA) is 70.4 Å². The molecule has 0 aliphatic rings. The molecule has 0 aliphatic heterocycles. The molecule has 0 unspecified atom stereocenters. The van der Waals surface area contributed by atoms with Crippen molar-refractivity contribution >= 4 is 16.9 Å². The Labute approximate surface area is 119 Å². The molecule has 1 aromatic heterocycles. The molecule has 5 heteroatoms. The van der Waals surface area contributed by atoms with Gasteiger partial charge in [0.05, 0.1) is 16.6 Å². The Kier molecular flexibility index (Phi) is 3.02. The minimum atomic E-state index is -1.27. The first-order chi connectivity index (χ1) is 10.1. The number of fused-ring (bicyclic) bond motifs is 1. The first-order valence-corrected chi connectivity index (χ1v) is 6.19. The van der Waals surface area contributed by atoms with Gasteiger partial charge in [0.1, 0.15) is 17.1 Å². The summed E-state index contributed by atoms with van der Waals surface area (Å²) in [7, 11) is 0. The predicted molar refractivity (Wildman–Crippen MR) is 75.8 cm³/mol. The van der Waals surface area contributed by atoms with E-state index in [2.05, 4.69) is 4.98 Å². The highest BCUT2D eigenvalue weighted by Gasteiger charge is 2.18. The van der Waals surface area contributed by atoms with E-state index < -0.39 is 11.8 Å². The van der Waals surface area contributed by atoms with Crippen LogP contribution in [-0.4, -0.2) is 21.2 Å². The number of aromatic hydroxyl groups is 1. The molecule has 2 N–H and O–H groups in total. The molecule has 3 aromatic rings. The lowest BCUT2D eigenvalue weighted by molar-refractivity contribution is 0.0698. The molecule has 0 saturated carbocycles. The number of aromatic nitrogens is 1. The summed E-state index contributed by atoms with van der Waals surface area (Å²) in [6, 6.07) is 12.4. The van der Waals surface area contributed by atoms with Crippen LogP contribution in [0.25, 0.3) is 22.2 Å². The molecule has 104 valence electrons. The summed E-state index contributed by atoms with van der Waals surface area (Å²) in [6.07, 6.45) is 0. The van der Waals surface area contributed by atoms with Gasteiger partial charge in [-0.05, 0) is 18.2 Å². The van der Waals surface area contributed by atoms with Gasteiger partial charge in [0, 0.05) is 5.56 Å². The fourth-order valence-electron chi connectivity index (χ4n) is 2.21. The molecule has 0 radical (unpaired) electrons. The summed E-state index contributed by atoms with van der Waals surface area (Å²) in [5, 5.41) is 19.0. The zero-order valence-corrected chi connectivity index (χ0v) is 10.7. The van der Waals surface area contributed by atoms with E-state index in [-0.39, 0.29) is 22.2 Å². The number of hydrogen-bond donors (Lipinski definition) is 2. The van der Waals surface area contributed by atoms with Crippen molar-refractivity contribution in [2.75, 3.05) is 0 Å². The monoisotopic (exact) mass is 283 g/mol. The Balaban J connectivity index is 2.41. The van der Waals surface area contributed by atoms with E-state index in [0.29, 0.717) is 11.3 Å². The summed E-state index contributed by atoms with van der Waals surface area (Å²) < 4.78 is 13.9. The molecule has 4 nitrogen and oxygen atoms in total. The number of aromatic carboxylic acids is 1. The highest BCUT2D eigenvalue weighted by Crippen LogP contribution is 2.31. The van der Waals surface area contributed by atoms with Crippen LogP contribution in [0.3, 0.4) is 0 Å². The molecule has 3 rings (SSSR count). The Morgan fingerprint density at radius 1 is 1.10 bits per heavy atom. The number of phenols is 1. The van der Waals surface area contributed by atoms with Crippen LogP contribution in [0.15, 0.2) is 48.5 Å². The Morgan fingerprint density at radius 2 is 1.81 bits per heavy atom. The summed E-state index contributed by atoms with van der Waals surface area (Å²) in [6.45, 7) is 0. The molecule has 0 bridgehead atoms. The summed E-state index contributed by atoms with van der Waals surface area (Å²) in [5.41, 5.74) is 0.757. The zero-order chi connectivity index (χ0) is 15.0. The van der Waals surface area contributed by atoms with Crippen LogP contribution in [-0.2, 0) is 0 Å². The van der Waals surface area contributed by atoms with Crippen molar-refractivity contribution in [1.82, 2.24) is 4.98 Å². The average molecular weight is 283 g/mol. The summed E-state index contributed by atoms with van der Waals surface area (Å²) >= 11 is 0. The minimum Gasteiger partial charge on any atom is -0.506 e. The van der Waals surface area contributed by atoms with Crippen LogP contribution in [0, 0.1) is 5.82 Å². The molecule has 2 aromatic carbocycles. The number of hydrogen-bond acceptors (Lipinski definition) is 3.